The third kappa shape index (κ3) is 19.1. The topological polar surface area (TPSA) is 52.6 Å². The molecule has 0 aliphatic rings. The number of hydrogen-bond donors (Lipinski definition) is 0. The smallest absolute Gasteiger partial charge is 0.312 e. The van der Waals surface area contributed by atoms with Crippen molar-refractivity contribution in [1.29, 1.82) is 0 Å². The van der Waals surface area contributed by atoms with Crippen molar-refractivity contribution in [3.05, 3.63) is 0 Å². The Kier molecular flexibility index (Phi) is 24.8. The molecule has 0 aromatic rings. The lowest BCUT2D eigenvalue weighted by Crippen LogP contribution is -2.32. The van der Waals surface area contributed by atoms with Crippen molar-refractivity contribution in [1.82, 2.24) is 0 Å². The summed E-state index contributed by atoms with van der Waals surface area (Å²) in [5.41, 5.74) is -0.294. The second-order valence-electron chi connectivity index (χ2n) is 10.9. The van der Waals surface area contributed by atoms with Gasteiger partial charge in [-0.05, 0) is 38.5 Å². The lowest BCUT2D eigenvalue weighted by atomic mass is 9.77. The maximum Gasteiger partial charge on any atom is 0.312 e. The van der Waals surface area contributed by atoms with Gasteiger partial charge in [-0.15, -0.1) is 0 Å². The van der Waals surface area contributed by atoms with E-state index >= 15 is 0 Å². The van der Waals surface area contributed by atoms with Crippen LogP contribution in [0.5, 0.6) is 0 Å². The highest BCUT2D eigenvalue weighted by Gasteiger charge is 2.35. The molecule has 0 unspecified atom stereocenters. The van der Waals surface area contributed by atoms with Crippen molar-refractivity contribution in [2.75, 3.05) is 13.2 Å². The van der Waals surface area contributed by atoms with E-state index in [0.29, 0.717) is 19.6 Å². The highest BCUT2D eigenvalue weighted by atomic mass is 16.5. The highest BCUT2D eigenvalue weighted by molar-refractivity contribution is 5.76. The van der Waals surface area contributed by atoms with Gasteiger partial charge in [0.2, 0.25) is 0 Å². The third-order valence-electron chi connectivity index (χ3n) is 7.81. The van der Waals surface area contributed by atoms with E-state index in [9.17, 15) is 9.59 Å². The first-order valence-electron chi connectivity index (χ1n) is 15.9. The second-order valence-corrected chi connectivity index (χ2v) is 10.9. The van der Waals surface area contributed by atoms with Crippen molar-refractivity contribution < 1.29 is 19.1 Å². The molecule has 0 N–H and O–H groups in total. The van der Waals surface area contributed by atoms with Gasteiger partial charge in [0.1, 0.15) is 0 Å². The molecule has 0 amide bonds. The molecular weight excluding hydrogens is 448 g/mol. The van der Waals surface area contributed by atoms with Crippen LogP contribution in [0.15, 0.2) is 0 Å². The van der Waals surface area contributed by atoms with Gasteiger partial charge in [0.05, 0.1) is 18.6 Å². The minimum atomic E-state index is -0.294. The van der Waals surface area contributed by atoms with Crippen LogP contribution in [-0.2, 0) is 19.1 Å². The Morgan fingerprint density at radius 3 is 1.42 bits per heavy atom. The van der Waals surface area contributed by atoms with E-state index in [1.165, 1.54) is 89.9 Å². The van der Waals surface area contributed by atoms with E-state index < -0.39 is 0 Å². The molecule has 0 saturated heterocycles. The molecule has 0 heterocycles. The van der Waals surface area contributed by atoms with Gasteiger partial charge in [0.15, 0.2) is 0 Å². The van der Waals surface area contributed by atoms with Crippen LogP contribution in [0.2, 0.25) is 0 Å². The minimum absolute atomic E-state index is 0.0255. The summed E-state index contributed by atoms with van der Waals surface area (Å²) >= 11 is 0. The van der Waals surface area contributed by atoms with Crippen LogP contribution in [0.4, 0.5) is 0 Å². The number of ether oxygens (including phenoxy) is 2. The van der Waals surface area contributed by atoms with Gasteiger partial charge >= 0.3 is 11.9 Å². The lowest BCUT2D eigenvalue weighted by molar-refractivity contribution is -0.157. The lowest BCUT2D eigenvalue weighted by Gasteiger charge is -2.29. The van der Waals surface area contributed by atoms with Gasteiger partial charge < -0.3 is 9.47 Å². The summed E-state index contributed by atoms with van der Waals surface area (Å²) in [6, 6.07) is 0. The van der Waals surface area contributed by atoms with Crippen LogP contribution in [0.1, 0.15) is 175 Å². The van der Waals surface area contributed by atoms with Gasteiger partial charge in [0, 0.05) is 6.42 Å². The number of unbranched alkanes of at least 4 members (excludes halogenated alkanes) is 16. The van der Waals surface area contributed by atoms with E-state index in [-0.39, 0.29) is 17.4 Å². The Bertz CT molecular complexity index is 498. The number of carbonyl (C=O) groups is 2. The van der Waals surface area contributed by atoms with Crippen LogP contribution >= 0.6 is 0 Å². The highest BCUT2D eigenvalue weighted by Crippen LogP contribution is 2.34. The largest absolute Gasteiger partial charge is 0.466 e. The van der Waals surface area contributed by atoms with Gasteiger partial charge in [-0.2, -0.15) is 0 Å². The molecular formula is C32H62O4. The summed E-state index contributed by atoms with van der Waals surface area (Å²) in [4.78, 5) is 24.7. The molecule has 0 radical (unpaired) electrons. The van der Waals surface area contributed by atoms with Crippen molar-refractivity contribution in [2.24, 2.45) is 5.41 Å². The van der Waals surface area contributed by atoms with Crippen LogP contribution < -0.4 is 0 Å². The summed E-state index contributed by atoms with van der Waals surface area (Å²) in [5.74, 6) is 0.00634. The van der Waals surface area contributed by atoms with E-state index in [1.807, 2.05) is 0 Å². The van der Waals surface area contributed by atoms with Crippen molar-refractivity contribution in [3.8, 4) is 0 Å². The third-order valence-corrected chi connectivity index (χ3v) is 7.81. The fourth-order valence-corrected chi connectivity index (χ4v) is 4.95. The Hall–Kier alpha value is -1.06. The molecule has 214 valence electrons. The average molecular weight is 511 g/mol. The molecule has 0 atom stereocenters. The minimum Gasteiger partial charge on any atom is -0.466 e. The average Bonchev–Trinajstić information content (AvgIpc) is 2.89. The molecule has 0 aromatic heterocycles. The first-order valence-corrected chi connectivity index (χ1v) is 15.9. The van der Waals surface area contributed by atoms with Gasteiger partial charge in [-0.1, -0.05) is 130 Å². The molecule has 0 aromatic carbocycles. The number of rotatable bonds is 27. The summed E-state index contributed by atoms with van der Waals surface area (Å²) in [6.07, 6.45) is 25.7. The van der Waals surface area contributed by atoms with Crippen LogP contribution in [0.3, 0.4) is 0 Å². The molecule has 0 saturated carbocycles. The first-order chi connectivity index (χ1) is 17.6. The first kappa shape index (κ1) is 34.9. The standard InChI is InChI=1S/C32H62O4/c1-5-9-11-13-20-24-28-35-30(33)26-22-18-16-15-17-19-23-27-32(7-3,8-4)31(34)36-29-25-21-14-12-10-6-2/h5-29H2,1-4H3. The maximum absolute atomic E-state index is 12.8. The summed E-state index contributed by atoms with van der Waals surface area (Å²) in [7, 11) is 0. The molecule has 0 rings (SSSR count). The molecule has 0 spiro atoms. The summed E-state index contributed by atoms with van der Waals surface area (Å²) < 4.78 is 11.1. The number of esters is 2. The number of hydrogen-bond acceptors (Lipinski definition) is 4. The van der Waals surface area contributed by atoms with Gasteiger partial charge in [0.25, 0.3) is 0 Å². The zero-order valence-corrected chi connectivity index (χ0v) is 24.8. The fraction of sp³-hybridized carbons (Fsp3) is 0.938. The predicted octanol–water partition coefficient (Wildman–Crippen LogP) is 10.1. The van der Waals surface area contributed by atoms with E-state index in [0.717, 1.165) is 51.4 Å². The molecule has 0 fully saturated rings. The number of carbonyl (C=O) groups excluding carboxylic acids is 2. The zero-order chi connectivity index (χ0) is 26.7. The molecule has 0 bridgehead atoms. The summed E-state index contributed by atoms with van der Waals surface area (Å²) in [6.45, 7) is 9.90. The van der Waals surface area contributed by atoms with E-state index in [1.54, 1.807) is 0 Å². The van der Waals surface area contributed by atoms with Crippen molar-refractivity contribution in [3.63, 3.8) is 0 Å². The van der Waals surface area contributed by atoms with Crippen molar-refractivity contribution >= 4 is 11.9 Å². The van der Waals surface area contributed by atoms with Crippen LogP contribution in [-0.4, -0.2) is 25.2 Å². The SMILES string of the molecule is CCCCCCCCOC(=O)CCCCCCCCCC(CC)(CC)C(=O)OCCCCCCCC. The van der Waals surface area contributed by atoms with Crippen molar-refractivity contribution in [2.45, 2.75) is 175 Å². The second kappa shape index (κ2) is 25.6. The van der Waals surface area contributed by atoms with E-state index in [4.69, 9.17) is 9.47 Å². The molecule has 36 heavy (non-hydrogen) atoms. The van der Waals surface area contributed by atoms with Gasteiger partial charge in [-0.25, -0.2) is 0 Å². The predicted molar refractivity (Wildman–Crippen MR) is 153 cm³/mol. The quantitative estimate of drug-likeness (QED) is 0.0814. The molecule has 4 heteroatoms. The molecule has 4 nitrogen and oxygen atoms in total. The Morgan fingerprint density at radius 1 is 0.500 bits per heavy atom. The van der Waals surface area contributed by atoms with Gasteiger partial charge in [-0.3, -0.25) is 9.59 Å². The Morgan fingerprint density at radius 2 is 0.917 bits per heavy atom. The molecule has 0 aliphatic heterocycles. The van der Waals surface area contributed by atoms with Crippen LogP contribution in [0, 0.1) is 5.41 Å². The Balaban J connectivity index is 3.76. The maximum atomic E-state index is 12.8. The van der Waals surface area contributed by atoms with E-state index in [2.05, 4.69) is 27.7 Å². The fourth-order valence-electron chi connectivity index (χ4n) is 4.95. The summed E-state index contributed by atoms with van der Waals surface area (Å²) in [5, 5.41) is 0. The van der Waals surface area contributed by atoms with Crippen LogP contribution in [0.25, 0.3) is 0 Å². The normalized spacial score (nSPS) is 11.6. The monoisotopic (exact) mass is 510 g/mol. The zero-order valence-electron chi connectivity index (χ0n) is 24.8. The molecule has 0 aliphatic carbocycles. The Labute approximate surface area is 225 Å².